The monoisotopic (exact) mass is 261 g/mol. The van der Waals surface area contributed by atoms with Gasteiger partial charge in [0.25, 0.3) is 0 Å². The van der Waals surface area contributed by atoms with E-state index in [4.69, 9.17) is 0 Å². The molecule has 0 saturated carbocycles. The molecule has 19 heavy (non-hydrogen) atoms. The van der Waals surface area contributed by atoms with Crippen molar-refractivity contribution in [3.8, 4) is 0 Å². The van der Waals surface area contributed by atoms with E-state index in [1.807, 2.05) is 39.0 Å². The number of hydrogen-bond acceptors (Lipinski definition) is 2. The zero-order valence-electron chi connectivity index (χ0n) is 12.4. The van der Waals surface area contributed by atoms with Crippen LogP contribution in [0.15, 0.2) is 23.3 Å². The third kappa shape index (κ3) is 5.12. The van der Waals surface area contributed by atoms with Crippen molar-refractivity contribution in [2.24, 2.45) is 11.0 Å². The van der Waals surface area contributed by atoms with Crippen LogP contribution in [0.1, 0.15) is 38.3 Å². The smallest absolute Gasteiger partial charge is 0.306 e. The zero-order valence-corrected chi connectivity index (χ0v) is 12.4. The Morgan fingerprint density at radius 1 is 1.26 bits per heavy atom. The summed E-state index contributed by atoms with van der Waals surface area (Å²) in [4.78, 5) is 11.8. The average Bonchev–Trinajstić information content (AvgIpc) is 2.30. The number of benzene rings is 1. The summed E-state index contributed by atoms with van der Waals surface area (Å²) in [6.45, 7) is 10.1. The number of amides is 2. The molecule has 0 aromatic heterocycles. The maximum atomic E-state index is 11.8. The fourth-order valence-corrected chi connectivity index (χ4v) is 1.94. The predicted molar refractivity (Wildman–Crippen MR) is 80.6 cm³/mol. The SMILES string of the molecule is C/C(CC(C)C)=N\NC(=O)Nc1c(C)cccc1C. The van der Waals surface area contributed by atoms with Gasteiger partial charge < -0.3 is 5.32 Å². The van der Waals surface area contributed by atoms with Crippen molar-refractivity contribution in [1.29, 1.82) is 0 Å². The Morgan fingerprint density at radius 3 is 2.37 bits per heavy atom. The van der Waals surface area contributed by atoms with Crippen molar-refractivity contribution in [3.63, 3.8) is 0 Å². The highest BCUT2D eigenvalue weighted by Gasteiger charge is 2.06. The van der Waals surface area contributed by atoms with Crippen LogP contribution in [0.2, 0.25) is 0 Å². The average molecular weight is 261 g/mol. The van der Waals surface area contributed by atoms with Crippen LogP contribution < -0.4 is 10.7 Å². The molecule has 2 N–H and O–H groups in total. The molecule has 2 amide bonds. The third-order valence-corrected chi connectivity index (χ3v) is 2.77. The summed E-state index contributed by atoms with van der Waals surface area (Å²) in [5, 5.41) is 6.90. The summed E-state index contributed by atoms with van der Waals surface area (Å²) in [7, 11) is 0. The molecular weight excluding hydrogens is 238 g/mol. The van der Waals surface area contributed by atoms with E-state index in [1.165, 1.54) is 0 Å². The summed E-state index contributed by atoms with van der Waals surface area (Å²) in [6, 6.07) is 5.60. The molecule has 0 bridgehead atoms. The Balaban J connectivity index is 2.61. The Hall–Kier alpha value is -1.84. The molecule has 0 saturated heterocycles. The van der Waals surface area contributed by atoms with E-state index in [1.54, 1.807) is 0 Å². The van der Waals surface area contributed by atoms with Crippen LogP contribution in [0, 0.1) is 19.8 Å². The van der Waals surface area contributed by atoms with Crippen LogP contribution in [0.25, 0.3) is 0 Å². The molecule has 1 rings (SSSR count). The number of rotatable bonds is 4. The summed E-state index contributed by atoms with van der Waals surface area (Å²) in [5.74, 6) is 0.534. The molecule has 1 aromatic rings. The number of carbonyl (C=O) groups excluding carboxylic acids is 1. The summed E-state index contributed by atoms with van der Waals surface area (Å²) < 4.78 is 0. The molecule has 4 heteroatoms. The molecule has 0 aliphatic carbocycles. The predicted octanol–water partition coefficient (Wildman–Crippen LogP) is 3.85. The first kappa shape index (κ1) is 15.2. The molecule has 0 aliphatic heterocycles. The van der Waals surface area contributed by atoms with E-state index >= 15 is 0 Å². The van der Waals surface area contributed by atoms with Gasteiger partial charge in [0.1, 0.15) is 0 Å². The minimum atomic E-state index is -0.305. The molecule has 0 aliphatic rings. The zero-order chi connectivity index (χ0) is 14.4. The van der Waals surface area contributed by atoms with Crippen molar-refractivity contribution < 1.29 is 4.79 Å². The summed E-state index contributed by atoms with van der Waals surface area (Å²) in [6.07, 6.45) is 0.879. The Bertz CT molecular complexity index is 458. The first-order valence-electron chi connectivity index (χ1n) is 6.56. The van der Waals surface area contributed by atoms with Crippen LogP contribution in [-0.2, 0) is 0 Å². The van der Waals surface area contributed by atoms with Gasteiger partial charge in [-0.1, -0.05) is 32.0 Å². The van der Waals surface area contributed by atoms with Crippen molar-refractivity contribution in [3.05, 3.63) is 29.3 Å². The summed E-state index contributed by atoms with van der Waals surface area (Å²) >= 11 is 0. The number of nitrogens with one attached hydrogen (secondary N) is 2. The molecule has 0 spiro atoms. The van der Waals surface area contributed by atoms with Gasteiger partial charge in [-0.3, -0.25) is 0 Å². The number of hydrazone groups is 1. The van der Waals surface area contributed by atoms with Crippen molar-refractivity contribution in [2.75, 3.05) is 5.32 Å². The lowest BCUT2D eigenvalue weighted by atomic mass is 10.1. The minimum absolute atomic E-state index is 0.305. The maximum Gasteiger partial charge on any atom is 0.339 e. The van der Waals surface area contributed by atoms with Gasteiger partial charge >= 0.3 is 6.03 Å². The number of para-hydroxylation sites is 1. The van der Waals surface area contributed by atoms with Crippen LogP contribution >= 0.6 is 0 Å². The fraction of sp³-hybridized carbons (Fsp3) is 0.467. The second-order valence-corrected chi connectivity index (χ2v) is 5.28. The molecule has 0 radical (unpaired) electrons. The lowest BCUT2D eigenvalue weighted by Gasteiger charge is -2.11. The first-order chi connectivity index (χ1) is 8.90. The fourth-order valence-electron chi connectivity index (χ4n) is 1.94. The van der Waals surface area contributed by atoms with Gasteiger partial charge in [-0.2, -0.15) is 5.10 Å². The van der Waals surface area contributed by atoms with Crippen molar-refractivity contribution in [2.45, 2.75) is 41.0 Å². The van der Waals surface area contributed by atoms with Crippen LogP contribution in [0.4, 0.5) is 10.5 Å². The van der Waals surface area contributed by atoms with Gasteiger partial charge in [0.15, 0.2) is 0 Å². The Labute approximate surface area is 115 Å². The normalized spacial score (nSPS) is 11.6. The second-order valence-electron chi connectivity index (χ2n) is 5.28. The van der Waals surface area contributed by atoms with Crippen LogP contribution in [0.3, 0.4) is 0 Å². The number of aryl methyl sites for hydroxylation is 2. The van der Waals surface area contributed by atoms with E-state index in [9.17, 15) is 4.79 Å². The third-order valence-electron chi connectivity index (χ3n) is 2.77. The topological polar surface area (TPSA) is 53.5 Å². The van der Waals surface area contributed by atoms with E-state index < -0.39 is 0 Å². The number of nitrogens with zero attached hydrogens (tertiary/aromatic N) is 1. The maximum absolute atomic E-state index is 11.8. The molecule has 0 fully saturated rings. The first-order valence-corrected chi connectivity index (χ1v) is 6.56. The summed E-state index contributed by atoms with van der Waals surface area (Å²) in [5.41, 5.74) is 6.38. The molecule has 0 atom stereocenters. The molecule has 4 nitrogen and oxygen atoms in total. The molecule has 0 unspecified atom stereocenters. The number of urea groups is 1. The molecular formula is C15H23N3O. The highest BCUT2D eigenvalue weighted by atomic mass is 16.2. The minimum Gasteiger partial charge on any atom is -0.306 e. The lowest BCUT2D eigenvalue weighted by Crippen LogP contribution is -2.26. The number of hydrogen-bond donors (Lipinski definition) is 2. The van der Waals surface area contributed by atoms with E-state index in [0.29, 0.717) is 5.92 Å². The molecule has 1 aromatic carbocycles. The van der Waals surface area contributed by atoms with E-state index in [2.05, 4.69) is 29.7 Å². The second kappa shape index (κ2) is 6.92. The van der Waals surface area contributed by atoms with Crippen molar-refractivity contribution in [1.82, 2.24) is 5.43 Å². The largest absolute Gasteiger partial charge is 0.339 e. The van der Waals surface area contributed by atoms with Crippen molar-refractivity contribution >= 4 is 17.4 Å². The van der Waals surface area contributed by atoms with Gasteiger partial charge in [-0.25, -0.2) is 10.2 Å². The Morgan fingerprint density at radius 2 is 1.84 bits per heavy atom. The van der Waals surface area contributed by atoms with E-state index in [-0.39, 0.29) is 6.03 Å². The van der Waals surface area contributed by atoms with Gasteiger partial charge in [0.2, 0.25) is 0 Å². The van der Waals surface area contributed by atoms with Crippen LogP contribution in [-0.4, -0.2) is 11.7 Å². The highest BCUT2D eigenvalue weighted by Crippen LogP contribution is 2.18. The molecule has 0 heterocycles. The Kier molecular flexibility index (Phi) is 5.55. The van der Waals surface area contributed by atoms with Crippen LogP contribution in [0.5, 0.6) is 0 Å². The van der Waals surface area contributed by atoms with Gasteiger partial charge in [0, 0.05) is 11.4 Å². The number of carbonyl (C=O) groups is 1. The standard InChI is InChI=1S/C15H23N3O/c1-10(2)9-13(5)17-18-15(19)16-14-11(3)7-6-8-12(14)4/h6-8,10H,9H2,1-5H3,(H2,16,18,19)/b17-13+. The number of anilines is 1. The van der Waals surface area contributed by atoms with Gasteiger partial charge in [-0.05, 0) is 44.2 Å². The van der Waals surface area contributed by atoms with Gasteiger partial charge in [-0.15, -0.1) is 0 Å². The van der Waals surface area contributed by atoms with E-state index in [0.717, 1.165) is 28.9 Å². The lowest BCUT2D eigenvalue weighted by molar-refractivity contribution is 0.252. The molecule has 104 valence electrons. The quantitative estimate of drug-likeness (QED) is 0.628. The highest BCUT2D eigenvalue weighted by molar-refractivity contribution is 5.92. The van der Waals surface area contributed by atoms with Gasteiger partial charge in [0.05, 0.1) is 0 Å².